The average molecular weight is 124 g/mol. The van der Waals surface area contributed by atoms with Crippen LogP contribution in [-0.4, -0.2) is 0 Å². The molecule has 0 nitrogen and oxygen atoms in total. The SMILES string of the molecule is CC(C)CC12CC1(C)C2. The molecule has 0 spiro atoms. The summed E-state index contributed by atoms with van der Waals surface area (Å²) in [6, 6.07) is 0. The van der Waals surface area contributed by atoms with Crippen LogP contribution in [0, 0.1) is 16.7 Å². The van der Waals surface area contributed by atoms with Crippen molar-refractivity contribution in [3.05, 3.63) is 0 Å². The Morgan fingerprint density at radius 3 is 1.89 bits per heavy atom. The average Bonchev–Trinajstić information content (AvgIpc) is 2.20. The highest BCUT2D eigenvalue weighted by atomic mass is 14.8. The third kappa shape index (κ3) is 0.595. The fourth-order valence-electron chi connectivity index (χ4n) is 2.53. The third-order valence-electron chi connectivity index (χ3n) is 3.29. The fourth-order valence-corrected chi connectivity index (χ4v) is 2.53. The lowest BCUT2D eigenvalue weighted by Gasteiger charge is -2.04. The summed E-state index contributed by atoms with van der Waals surface area (Å²) < 4.78 is 0. The Morgan fingerprint density at radius 2 is 1.78 bits per heavy atom. The molecular weight excluding hydrogens is 108 g/mol. The van der Waals surface area contributed by atoms with Gasteiger partial charge in [-0.3, -0.25) is 0 Å². The molecule has 0 amide bonds. The minimum atomic E-state index is 0.845. The second-order valence-electron chi connectivity index (χ2n) is 4.79. The lowest BCUT2D eigenvalue weighted by atomic mass is 10.0. The lowest BCUT2D eigenvalue weighted by molar-refractivity contribution is 0.469. The Balaban J connectivity index is 1.91. The molecular formula is C9H16. The second-order valence-corrected chi connectivity index (χ2v) is 4.79. The molecule has 2 aliphatic carbocycles. The molecule has 0 aromatic rings. The van der Waals surface area contributed by atoms with Crippen molar-refractivity contribution in [1.82, 2.24) is 0 Å². The Labute approximate surface area is 57.6 Å². The smallest absolute Gasteiger partial charge is 0.0230 e. The summed E-state index contributed by atoms with van der Waals surface area (Å²) in [6.07, 6.45) is 4.57. The maximum absolute atomic E-state index is 2.44. The van der Waals surface area contributed by atoms with Crippen LogP contribution in [-0.2, 0) is 0 Å². The van der Waals surface area contributed by atoms with Crippen molar-refractivity contribution in [3.8, 4) is 0 Å². The van der Waals surface area contributed by atoms with E-state index in [0.717, 1.165) is 16.7 Å². The molecule has 52 valence electrons. The van der Waals surface area contributed by atoms with Gasteiger partial charge in [-0.1, -0.05) is 20.8 Å². The molecule has 0 heteroatoms. The summed E-state index contributed by atoms with van der Waals surface area (Å²) >= 11 is 0. The number of fused-ring (bicyclic) bond motifs is 1. The van der Waals surface area contributed by atoms with Gasteiger partial charge in [0.25, 0.3) is 0 Å². The van der Waals surface area contributed by atoms with E-state index in [9.17, 15) is 0 Å². The molecule has 2 rings (SSSR count). The van der Waals surface area contributed by atoms with Crippen LogP contribution in [0.2, 0.25) is 0 Å². The standard InChI is InChI=1S/C9H16/c1-7(2)4-9-5-8(9,3)6-9/h7H,4-6H2,1-3H3. The van der Waals surface area contributed by atoms with Crippen molar-refractivity contribution in [2.45, 2.75) is 40.0 Å². The molecule has 0 N–H and O–H groups in total. The van der Waals surface area contributed by atoms with Crippen molar-refractivity contribution in [2.24, 2.45) is 16.7 Å². The van der Waals surface area contributed by atoms with Crippen LogP contribution < -0.4 is 0 Å². The first-order valence-electron chi connectivity index (χ1n) is 4.08. The van der Waals surface area contributed by atoms with Gasteiger partial charge in [0, 0.05) is 0 Å². The first-order chi connectivity index (χ1) is 4.08. The Morgan fingerprint density at radius 1 is 1.33 bits per heavy atom. The molecule has 2 saturated carbocycles. The van der Waals surface area contributed by atoms with Gasteiger partial charge >= 0.3 is 0 Å². The molecule has 0 aliphatic heterocycles. The van der Waals surface area contributed by atoms with E-state index >= 15 is 0 Å². The predicted octanol–water partition coefficient (Wildman–Crippen LogP) is 2.83. The molecule has 2 aliphatic rings. The van der Waals surface area contributed by atoms with E-state index < -0.39 is 0 Å². The van der Waals surface area contributed by atoms with Crippen LogP contribution in [0.1, 0.15) is 40.0 Å². The first kappa shape index (κ1) is 5.76. The molecule has 9 heavy (non-hydrogen) atoms. The van der Waals surface area contributed by atoms with Crippen LogP contribution in [0.3, 0.4) is 0 Å². The van der Waals surface area contributed by atoms with Crippen molar-refractivity contribution in [3.63, 3.8) is 0 Å². The zero-order chi connectivity index (χ0) is 6.70. The summed E-state index contributed by atoms with van der Waals surface area (Å²) in [4.78, 5) is 0. The molecule has 0 heterocycles. The van der Waals surface area contributed by atoms with Crippen LogP contribution in [0.15, 0.2) is 0 Å². The van der Waals surface area contributed by atoms with Crippen molar-refractivity contribution in [2.75, 3.05) is 0 Å². The van der Waals surface area contributed by atoms with E-state index in [0.29, 0.717) is 0 Å². The van der Waals surface area contributed by atoms with Gasteiger partial charge in [-0.05, 0) is 36.0 Å². The Hall–Kier alpha value is 0. The first-order valence-corrected chi connectivity index (χ1v) is 4.08. The molecule has 0 radical (unpaired) electrons. The molecule has 2 fully saturated rings. The summed E-state index contributed by atoms with van der Waals surface area (Å²) in [6.45, 7) is 7.12. The van der Waals surface area contributed by atoms with Crippen LogP contribution in [0.25, 0.3) is 0 Å². The van der Waals surface area contributed by atoms with Crippen molar-refractivity contribution in [1.29, 1.82) is 0 Å². The van der Waals surface area contributed by atoms with Gasteiger partial charge < -0.3 is 0 Å². The minimum Gasteiger partial charge on any atom is -0.0628 e. The second kappa shape index (κ2) is 1.21. The normalized spacial score (nSPS) is 53.3. The zero-order valence-corrected chi connectivity index (χ0v) is 6.70. The number of hydrogen-bond acceptors (Lipinski definition) is 0. The van der Waals surface area contributed by atoms with E-state index in [1.807, 2.05) is 0 Å². The highest BCUT2D eigenvalue weighted by Gasteiger charge is 2.78. The van der Waals surface area contributed by atoms with Gasteiger partial charge in [-0.25, -0.2) is 0 Å². The van der Waals surface area contributed by atoms with Gasteiger partial charge in [0.15, 0.2) is 0 Å². The van der Waals surface area contributed by atoms with Crippen molar-refractivity contribution >= 4 is 0 Å². The molecule has 0 unspecified atom stereocenters. The van der Waals surface area contributed by atoms with Crippen LogP contribution in [0.4, 0.5) is 0 Å². The minimum absolute atomic E-state index is 0.845. The molecule has 0 bridgehead atoms. The Bertz CT molecular complexity index is 138. The van der Waals surface area contributed by atoms with Crippen LogP contribution >= 0.6 is 0 Å². The number of rotatable bonds is 2. The summed E-state index contributed by atoms with van der Waals surface area (Å²) in [7, 11) is 0. The van der Waals surface area contributed by atoms with Gasteiger partial charge in [-0.15, -0.1) is 0 Å². The van der Waals surface area contributed by atoms with Gasteiger partial charge in [0.1, 0.15) is 0 Å². The van der Waals surface area contributed by atoms with E-state index in [1.54, 1.807) is 0 Å². The monoisotopic (exact) mass is 124 g/mol. The van der Waals surface area contributed by atoms with E-state index in [2.05, 4.69) is 20.8 Å². The van der Waals surface area contributed by atoms with Crippen LogP contribution in [0.5, 0.6) is 0 Å². The predicted molar refractivity (Wildman–Crippen MR) is 39.2 cm³/mol. The van der Waals surface area contributed by atoms with Gasteiger partial charge in [0.2, 0.25) is 0 Å². The highest BCUT2D eigenvalue weighted by Crippen LogP contribution is 2.87. The maximum atomic E-state index is 2.44. The molecule has 0 atom stereocenters. The molecule has 0 aromatic carbocycles. The quantitative estimate of drug-likeness (QED) is 0.531. The largest absolute Gasteiger partial charge is 0.0628 e. The third-order valence-corrected chi connectivity index (χ3v) is 3.29. The summed E-state index contributed by atoms with van der Waals surface area (Å²) in [5.74, 6) is 0.925. The lowest BCUT2D eigenvalue weighted by Crippen LogP contribution is -1.93. The Kier molecular flexibility index (Phi) is 0.774. The fraction of sp³-hybridized carbons (Fsp3) is 1.00. The maximum Gasteiger partial charge on any atom is -0.0230 e. The summed E-state index contributed by atoms with van der Waals surface area (Å²) in [5.41, 5.74) is 1.72. The van der Waals surface area contributed by atoms with E-state index in [1.165, 1.54) is 19.3 Å². The van der Waals surface area contributed by atoms with Gasteiger partial charge in [0.05, 0.1) is 0 Å². The van der Waals surface area contributed by atoms with E-state index in [-0.39, 0.29) is 0 Å². The van der Waals surface area contributed by atoms with Gasteiger partial charge in [-0.2, -0.15) is 0 Å². The van der Waals surface area contributed by atoms with E-state index in [4.69, 9.17) is 0 Å². The number of hydrogen-bond donors (Lipinski definition) is 0. The van der Waals surface area contributed by atoms with Crippen molar-refractivity contribution < 1.29 is 0 Å². The summed E-state index contributed by atoms with van der Waals surface area (Å²) in [5, 5.41) is 0. The molecule has 0 aromatic heterocycles. The molecule has 0 saturated heterocycles. The highest BCUT2D eigenvalue weighted by molar-refractivity contribution is 5.28. The zero-order valence-electron chi connectivity index (χ0n) is 6.70. The topological polar surface area (TPSA) is 0 Å².